The van der Waals surface area contributed by atoms with Gasteiger partial charge in [0.05, 0.1) is 19.7 Å². The van der Waals surface area contributed by atoms with Crippen molar-refractivity contribution < 1.29 is 9.53 Å². The molecule has 0 heterocycles. The number of aliphatic imine (C=N–C) groups is 1. The van der Waals surface area contributed by atoms with Gasteiger partial charge in [-0.15, -0.1) is 24.0 Å². The van der Waals surface area contributed by atoms with Crippen molar-refractivity contribution in [3.8, 4) is 5.75 Å². The Morgan fingerprint density at radius 2 is 1.96 bits per heavy atom. The highest BCUT2D eigenvalue weighted by atomic mass is 127. The summed E-state index contributed by atoms with van der Waals surface area (Å²) in [5.41, 5.74) is 1.16. The van der Waals surface area contributed by atoms with Crippen molar-refractivity contribution in [3.63, 3.8) is 0 Å². The van der Waals surface area contributed by atoms with Crippen LogP contribution in [0.25, 0.3) is 0 Å². The monoisotopic (exact) mass is 503 g/mol. The predicted molar refractivity (Wildman–Crippen MR) is 125 cm³/mol. The van der Waals surface area contributed by atoms with Gasteiger partial charge in [-0.25, -0.2) is 0 Å². The van der Waals surface area contributed by atoms with Crippen molar-refractivity contribution in [1.29, 1.82) is 0 Å². The highest BCUT2D eigenvalue weighted by Gasteiger charge is 2.28. The minimum Gasteiger partial charge on any atom is -0.497 e. The molecule has 1 atom stereocenters. The van der Waals surface area contributed by atoms with Gasteiger partial charge in [0.1, 0.15) is 5.75 Å². The van der Waals surface area contributed by atoms with E-state index in [4.69, 9.17) is 9.73 Å². The molecule has 158 valence electrons. The average Bonchev–Trinajstić information content (AvgIpc) is 3.50. The molecule has 1 aliphatic rings. The Morgan fingerprint density at radius 3 is 2.57 bits per heavy atom. The van der Waals surface area contributed by atoms with Crippen LogP contribution in [0.15, 0.2) is 29.3 Å². The van der Waals surface area contributed by atoms with Crippen LogP contribution in [-0.2, 0) is 4.79 Å². The summed E-state index contributed by atoms with van der Waals surface area (Å²) >= 11 is 0. The predicted octanol–water partition coefficient (Wildman–Crippen LogP) is 2.00. The van der Waals surface area contributed by atoms with Crippen molar-refractivity contribution in [2.24, 2.45) is 10.9 Å². The van der Waals surface area contributed by atoms with Crippen molar-refractivity contribution >= 4 is 35.8 Å². The number of guanidine groups is 1. The topological polar surface area (TPSA) is 78.0 Å². The second kappa shape index (κ2) is 12.8. The number of hydrogen-bond acceptors (Lipinski definition) is 4. The van der Waals surface area contributed by atoms with E-state index in [0.29, 0.717) is 19.6 Å². The van der Waals surface area contributed by atoms with Crippen LogP contribution in [0.5, 0.6) is 5.75 Å². The summed E-state index contributed by atoms with van der Waals surface area (Å²) < 4.78 is 5.34. The van der Waals surface area contributed by atoms with E-state index in [0.717, 1.165) is 36.7 Å². The van der Waals surface area contributed by atoms with Gasteiger partial charge in [0, 0.05) is 25.6 Å². The highest BCUT2D eigenvalue weighted by molar-refractivity contribution is 14.0. The molecular formula is C20H34IN5O2. The Morgan fingerprint density at radius 1 is 1.25 bits per heavy atom. The van der Waals surface area contributed by atoms with Crippen LogP contribution >= 0.6 is 24.0 Å². The average molecular weight is 503 g/mol. The molecule has 7 nitrogen and oxygen atoms in total. The first-order chi connectivity index (χ1) is 13.0. The van der Waals surface area contributed by atoms with Gasteiger partial charge in [-0.2, -0.15) is 0 Å². The molecule has 1 aromatic rings. The molecule has 0 spiro atoms. The van der Waals surface area contributed by atoms with Gasteiger partial charge >= 0.3 is 0 Å². The molecule has 3 N–H and O–H groups in total. The quantitative estimate of drug-likeness (QED) is 0.197. The number of carbonyl (C=O) groups excluding carboxylic acids is 1. The van der Waals surface area contributed by atoms with Crippen LogP contribution in [0.1, 0.15) is 31.4 Å². The summed E-state index contributed by atoms with van der Waals surface area (Å²) in [5.74, 6) is 2.02. The molecule has 1 amide bonds. The number of halogens is 1. The second-order valence-electron chi connectivity index (χ2n) is 6.97. The van der Waals surface area contributed by atoms with E-state index in [1.165, 1.54) is 0 Å². The Labute approximate surface area is 185 Å². The van der Waals surface area contributed by atoms with Gasteiger partial charge in [0.2, 0.25) is 5.91 Å². The molecule has 0 aliphatic heterocycles. The number of likely N-dealkylation sites (N-methyl/N-ethyl adjacent to an activating group) is 1. The van der Waals surface area contributed by atoms with E-state index in [-0.39, 0.29) is 41.8 Å². The Bertz CT molecular complexity index is 635. The fourth-order valence-corrected chi connectivity index (χ4v) is 2.79. The van der Waals surface area contributed by atoms with Crippen molar-refractivity contribution in [2.75, 3.05) is 47.4 Å². The maximum absolute atomic E-state index is 11.7. The number of nitrogens with one attached hydrogen (secondary N) is 3. The largest absolute Gasteiger partial charge is 0.497 e. The Kier molecular flexibility index (Phi) is 11.2. The lowest BCUT2D eigenvalue weighted by atomic mass is 10.1. The summed E-state index contributed by atoms with van der Waals surface area (Å²) in [6.45, 7) is 4.69. The minimum absolute atomic E-state index is 0. The summed E-state index contributed by atoms with van der Waals surface area (Å²) in [5, 5.41) is 9.50. The number of methoxy groups -OCH3 is 1. The van der Waals surface area contributed by atoms with E-state index in [2.05, 4.69) is 26.9 Å². The van der Waals surface area contributed by atoms with Crippen molar-refractivity contribution in [3.05, 3.63) is 29.8 Å². The van der Waals surface area contributed by atoms with Crippen molar-refractivity contribution in [1.82, 2.24) is 20.9 Å². The number of nitrogens with zero attached hydrogens (tertiary/aromatic N) is 2. The number of amides is 1. The minimum atomic E-state index is 0. The van der Waals surface area contributed by atoms with Gasteiger partial charge in [-0.05, 0) is 51.6 Å². The number of rotatable bonds is 10. The van der Waals surface area contributed by atoms with E-state index in [9.17, 15) is 4.79 Å². The SMILES string of the molecule is CCNC(=NCC(c1cccc(OC)c1)N(C)C)NCCNC(=O)C1CC1.I. The van der Waals surface area contributed by atoms with Gasteiger partial charge in [-0.1, -0.05) is 12.1 Å². The maximum atomic E-state index is 11.7. The summed E-state index contributed by atoms with van der Waals surface area (Å²) in [4.78, 5) is 18.6. The zero-order valence-corrected chi connectivity index (χ0v) is 19.7. The zero-order valence-electron chi connectivity index (χ0n) is 17.3. The molecule has 0 radical (unpaired) electrons. The number of ether oxygens (including phenoxy) is 1. The molecule has 0 saturated heterocycles. The first kappa shape index (κ1) is 24.5. The summed E-state index contributed by atoms with van der Waals surface area (Å²) in [7, 11) is 5.78. The van der Waals surface area contributed by atoms with Crippen LogP contribution < -0.4 is 20.7 Å². The normalized spacial score (nSPS) is 14.8. The van der Waals surface area contributed by atoms with Crippen LogP contribution in [0.3, 0.4) is 0 Å². The van der Waals surface area contributed by atoms with Gasteiger partial charge < -0.3 is 25.6 Å². The third kappa shape index (κ3) is 8.22. The molecular weight excluding hydrogens is 469 g/mol. The Hall–Kier alpha value is -1.55. The molecule has 0 bridgehead atoms. The van der Waals surface area contributed by atoms with Gasteiger partial charge in [0.25, 0.3) is 0 Å². The smallest absolute Gasteiger partial charge is 0.223 e. The molecule has 28 heavy (non-hydrogen) atoms. The molecule has 1 saturated carbocycles. The third-order valence-electron chi connectivity index (χ3n) is 4.53. The van der Waals surface area contributed by atoms with Gasteiger partial charge in [0.15, 0.2) is 5.96 Å². The fourth-order valence-electron chi connectivity index (χ4n) is 2.79. The van der Waals surface area contributed by atoms with Crippen LogP contribution in [0, 0.1) is 5.92 Å². The third-order valence-corrected chi connectivity index (χ3v) is 4.53. The number of benzene rings is 1. The molecule has 0 aromatic heterocycles. The van der Waals surface area contributed by atoms with Gasteiger partial charge in [-0.3, -0.25) is 9.79 Å². The van der Waals surface area contributed by atoms with E-state index in [1.807, 2.05) is 39.2 Å². The highest BCUT2D eigenvalue weighted by Crippen LogP contribution is 2.28. The summed E-state index contributed by atoms with van der Waals surface area (Å²) in [6, 6.07) is 8.23. The second-order valence-corrected chi connectivity index (χ2v) is 6.97. The lowest BCUT2D eigenvalue weighted by Gasteiger charge is -2.24. The van der Waals surface area contributed by atoms with E-state index in [1.54, 1.807) is 7.11 Å². The molecule has 1 fully saturated rings. The molecule has 2 rings (SSSR count). The standard InChI is InChI=1S/C20H33N5O2.HI/c1-5-21-20(23-12-11-22-19(26)15-9-10-15)24-14-18(25(2)3)16-7-6-8-17(13-16)27-4;/h6-8,13,15,18H,5,9-12,14H2,1-4H3,(H,22,26)(H2,21,23,24);1H. The molecule has 1 aromatic carbocycles. The first-order valence-electron chi connectivity index (χ1n) is 9.65. The molecule has 1 unspecified atom stereocenters. The summed E-state index contributed by atoms with van der Waals surface area (Å²) in [6.07, 6.45) is 2.05. The van der Waals surface area contributed by atoms with E-state index < -0.39 is 0 Å². The zero-order chi connectivity index (χ0) is 19.6. The van der Waals surface area contributed by atoms with Crippen LogP contribution in [-0.4, -0.2) is 64.2 Å². The van der Waals surface area contributed by atoms with Crippen molar-refractivity contribution in [2.45, 2.75) is 25.8 Å². The fraction of sp³-hybridized carbons (Fsp3) is 0.600. The van der Waals surface area contributed by atoms with Crippen LogP contribution in [0.4, 0.5) is 0 Å². The maximum Gasteiger partial charge on any atom is 0.223 e. The molecule has 8 heteroatoms. The molecule has 1 aliphatic carbocycles. The first-order valence-corrected chi connectivity index (χ1v) is 9.65. The number of carbonyl (C=O) groups is 1. The van der Waals surface area contributed by atoms with E-state index >= 15 is 0 Å². The lowest BCUT2D eigenvalue weighted by Crippen LogP contribution is -2.42. The lowest BCUT2D eigenvalue weighted by molar-refractivity contribution is -0.122. The number of hydrogen-bond donors (Lipinski definition) is 3. The Balaban J connectivity index is 0.00000392. The van der Waals surface area contributed by atoms with Crippen LogP contribution in [0.2, 0.25) is 0 Å².